The van der Waals surface area contributed by atoms with Crippen LogP contribution in [0.2, 0.25) is 0 Å². The molecule has 0 saturated carbocycles. The van der Waals surface area contributed by atoms with Crippen molar-refractivity contribution in [2.45, 2.75) is 0 Å². The van der Waals surface area contributed by atoms with E-state index in [2.05, 4.69) is 4.98 Å². The van der Waals surface area contributed by atoms with Gasteiger partial charge in [-0.3, -0.25) is 4.79 Å². The Kier molecular flexibility index (Phi) is 2.91. The van der Waals surface area contributed by atoms with Gasteiger partial charge in [-0.05, 0) is 24.3 Å². The molecular formula is C12H15N3O2. The van der Waals surface area contributed by atoms with Crippen LogP contribution in [-0.2, 0) is 0 Å². The Labute approximate surface area is 101 Å². The second-order valence-electron chi connectivity index (χ2n) is 3.42. The molecule has 1 aromatic carbocycles. The fourth-order valence-electron chi connectivity index (χ4n) is 1.30. The van der Waals surface area contributed by atoms with Crippen LogP contribution in [0.4, 0.5) is 5.69 Å². The van der Waals surface area contributed by atoms with Gasteiger partial charge in [-0.2, -0.15) is 0 Å². The lowest BCUT2D eigenvalue weighted by atomic mass is 10.3. The van der Waals surface area contributed by atoms with Crippen molar-refractivity contribution < 1.29 is 12.4 Å². The van der Waals surface area contributed by atoms with Gasteiger partial charge in [0.15, 0.2) is 0 Å². The molecule has 90 valence electrons. The highest BCUT2D eigenvalue weighted by molar-refractivity contribution is 5.90. The zero-order chi connectivity index (χ0) is 12.3. The van der Waals surface area contributed by atoms with Crippen LogP contribution in [-0.4, -0.2) is 10.9 Å². The van der Waals surface area contributed by atoms with Crippen LogP contribution in [0.1, 0.15) is 13.3 Å². The number of nitrogen functional groups attached to an aromatic ring is 1. The molecular weight excluding hydrogens is 218 g/mol. The molecule has 0 aliphatic carbocycles. The molecule has 0 bridgehead atoms. The van der Waals surface area contributed by atoms with E-state index in [0.29, 0.717) is 17.2 Å². The summed E-state index contributed by atoms with van der Waals surface area (Å²) in [7, 11) is 0. The summed E-state index contributed by atoms with van der Waals surface area (Å²) in [5, 5.41) is 0. The summed E-state index contributed by atoms with van der Waals surface area (Å²) < 4.78 is 5.50. The number of anilines is 1. The van der Waals surface area contributed by atoms with Crippen LogP contribution in [0.5, 0.6) is 11.5 Å². The molecule has 1 amide bonds. The number of nitrogens with two attached hydrogens (primary N) is 2. The first-order valence-corrected chi connectivity index (χ1v) is 4.94. The third-order valence-electron chi connectivity index (χ3n) is 2.08. The molecule has 0 radical (unpaired) electrons. The standard InChI is InChI=1S/C12H11N3O2.2H2/c13-8-2-1-3-9(6-8)17-10-4-5-11(12(14)16)15-7-10;;/h1-7H,13H2,(H2,14,16);2*1H. The molecule has 0 fully saturated rings. The van der Waals surface area contributed by atoms with E-state index in [9.17, 15) is 4.79 Å². The molecule has 0 saturated heterocycles. The Bertz CT molecular complexity index is 547. The second kappa shape index (κ2) is 4.52. The van der Waals surface area contributed by atoms with Crippen molar-refractivity contribution in [3.63, 3.8) is 0 Å². The van der Waals surface area contributed by atoms with Crippen molar-refractivity contribution in [3.8, 4) is 11.5 Å². The van der Waals surface area contributed by atoms with Gasteiger partial charge in [0.05, 0.1) is 6.20 Å². The van der Waals surface area contributed by atoms with Gasteiger partial charge in [-0.25, -0.2) is 4.98 Å². The number of hydrogen-bond donors (Lipinski definition) is 2. The van der Waals surface area contributed by atoms with Crippen molar-refractivity contribution >= 4 is 11.6 Å². The minimum atomic E-state index is -0.569. The van der Waals surface area contributed by atoms with Crippen molar-refractivity contribution in [1.29, 1.82) is 0 Å². The maximum Gasteiger partial charge on any atom is 0.267 e. The predicted molar refractivity (Wildman–Crippen MR) is 67.9 cm³/mol. The number of ether oxygens (including phenoxy) is 1. The molecule has 2 aromatic rings. The molecule has 0 aliphatic heterocycles. The molecule has 0 spiro atoms. The molecule has 0 unspecified atom stereocenters. The molecule has 1 aromatic heterocycles. The lowest BCUT2D eigenvalue weighted by molar-refractivity contribution is 0.0995. The number of pyridine rings is 1. The fourth-order valence-corrected chi connectivity index (χ4v) is 1.30. The van der Waals surface area contributed by atoms with Crippen LogP contribution in [0, 0.1) is 0 Å². The van der Waals surface area contributed by atoms with Crippen LogP contribution >= 0.6 is 0 Å². The number of rotatable bonds is 3. The number of benzene rings is 1. The van der Waals surface area contributed by atoms with E-state index < -0.39 is 5.91 Å². The Balaban J connectivity index is 0.00000162. The quantitative estimate of drug-likeness (QED) is 0.793. The topological polar surface area (TPSA) is 91.2 Å². The number of nitrogens with zero attached hydrogens (tertiary/aromatic N) is 1. The van der Waals surface area contributed by atoms with E-state index in [-0.39, 0.29) is 8.55 Å². The van der Waals surface area contributed by atoms with Crippen molar-refractivity contribution in [2.75, 3.05) is 5.73 Å². The van der Waals surface area contributed by atoms with Gasteiger partial charge in [-0.1, -0.05) is 6.07 Å². The molecule has 4 N–H and O–H groups in total. The Morgan fingerprint density at radius 1 is 1.24 bits per heavy atom. The summed E-state index contributed by atoms with van der Waals surface area (Å²) in [4.78, 5) is 14.7. The van der Waals surface area contributed by atoms with Crippen molar-refractivity contribution in [3.05, 3.63) is 48.3 Å². The number of hydrogen-bond acceptors (Lipinski definition) is 4. The fraction of sp³-hybridized carbons (Fsp3) is 0. The third-order valence-corrected chi connectivity index (χ3v) is 2.08. The van der Waals surface area contributed by atoms with E-state index >= 15 is 0 Å². The molecule has 0 atom stereocenters. The first kappa shape index (κ1) is 10.9. The molecule has 5 nitrogen and oxygen atoms in total. The summed E-state index contributed by atoms with van der Waals surface area (Å²) in [6.07, 6.45) is 1.43. The number of primary amides is 1. The minimum Gasteiger partial charge on any atom is -0.456 e. The number of aromatic nitrogens is 1. The first-order chi connectivity index (χ1) is 8.15. The van der Waals surface area contributed by atoms with Gasteiger partial charge in [0.25, 0.3) is 5.91 Å². The van der Waals surface area contributed by atoms with E-state index in [1.54, 1.807) is 30.3 Å². The molecule has 5 heteroatoms. The summed E-state index contributed by atoms with van der Waals surface area (Å²) in [6, 6.07) is 10.2. The molecule has 17 heavy (non-hydrogen) atoms. The van der Waals surface area contributed by atoms with E-state index in [1.165, 1.54) is 12.3 Å². The van der Waals surface area contributed by atoms with Gasteiger partial charge < -0.3 is 16.2 Å². The number of carbonyl (C=O) groups is 1. The largest absolute Gasteiger partial charge is 0.456 e. The number of amides is 1. The molecule has 1 heterocycles. The Morgan fingerprint density at radius 3 is 2.65 bits per heavy atom. The first-order valence-electron chi connectivity index (χ1n) is 4.94. The summed E-state index contributed by atoms with van der Waals surface area (Å²) in [5.74, 6) is 0.555. The van der Waals surface area contributed by atoms with Crippen molar-refractivity contribution in [2.24, 2.45) is 5.73 Å². The highest BCUT2D eigenvalue weighted by atomic mass is 16.5. The summed E-state index contributed by atoms with van der Waals surface area (Å²) >= 11 is 0. The lowest BCUT2D eigenvalue weighted by Gasteiger charge is -2.05. The summed E-state index contributed by atoms with van der Waals surface area (Å²) in [5.41, 5.74) is 11.5. The van der Waals surface area contributed by atoms with Gasteiger partial charge >= 0.3 is 0 Å². The van der Waals surface area contributed by atoms with Gasteiger partial charge in [-0.15, -0.1) is 0 Å². The average Bonchev–Trinajstić information content (AvgIpc) is 2.29. The third kappa shape index (κ3) is 2.72. The summed E-state index contributed by atoms with van der Waals surface area (Å²) in [6.45, 7) is 0. The zero-order valence-electron chi connectivity index (χ0n) is 8.96. The van der Waals surface area contributed by atoms with E-state index in [1.807, 2.05) is 0 Å². The Morgan fingerprint density at radius 2 is 2.06 bits per heavy atom. The minimum absolute atomic E-state index is 0. The van der Waals surface area contributed by atoms with Crippen LogP contribution in [0.15, 0.2) is 42.6 Å². The highest BCUT2D eigenvalue weighted by Gasteiger charge is 2.02. The van der Waals surface area contributed by atoms with Crippen LogP contribution < -0.4 is 16.2 Å². The van der Waals surface area contributed by atoms with Crippen LogP contribution in [0.25, 0.3) is 0 Å². The molecule has 0 aliphatic rings. The highest BCUT2D eigenvalue weighted by Crippen LogP contribution is 2.22. The zero-order valence-corrected chi connectivity index (χ0v) is 8.96. The van der Waals surface area contributed by atoms with Gasteiger partial charge in [0.2, 0.25) is 0 Å². The van der Waals surface area contributed by atoms with E-state index in [4.69, 9.17) is 16.2 Å². The number of carbonyl (C=O) groups excluding carboxylic acids is 1. The average molecular weight is 233 g/mol. The molecule has 2 rings (SSSR count). The lowest BCUT2D eigenvalue weighted by Crippen LogP contribution is -2.12. The van der Waals surface area contributed by atoms with Crippen LogP contribution in [0.3, 0.4) is 0 Å². The van der Waals surface area contributed by atoms with Gasteiger partial charge in [0.1, 0.15) is 17.2 Å². The second-order valence-corrected chi connectivity index (χ2v) is 3.42. The normalized spacial score (nSPS) is 9.88. The maximum atomic E-state index is 10.8. The monoisotopic (exact) mass is 233 g/mol. The van der Waals surface area contributed by atoms with Gasteiger partial charge in [0, 0.05) is 14.6 Å². The van der Waals surface area contributed by atoms with E-state index in [0.717, 1.165) is 0 Å². The van der Waals surface area contributed by atoms with Crippen molar-refractivity contribution in [1.82, 2.24) is 4.98 Å². The predicted octanol–water partition coefficient (Wildman–Crippen LogP) is 2.05. The smallest absolute Gasteiger partial charge is 0.267 e. The SMILES string of the molecule is NC(=O)c1ccc(Oc2cccc(N)c2)cn1.[HH].[HH]. The maximum absolute atomic E-state index is 10.8. The Hall–Kier alpha value is -2.56.